The molecule has 1 aliphatic rings. The predicted octanol–water partition coefficient (Wildman–Crippen LogP) is 0.520. The Balaban J connectivity index is 2.46. The molecule has 0 aromatic rings. The van der Waals surface area contributed by atoms with Gasteiger partial charge in [0.2, 0.25) is 0 Å². The van der Waals surface area contributed by atoms with Gasteiger partial charge in [-0.2, -0.15) is 0 Å². The number of rotatable bonds is 3. The third-order valence-electron chi connectivity index (χ3n) is 2.22. The van der Waals surface area contributed by atoms with Crippen molar-refractivity contribution in [2.24, 2.45) is 11.8 Å². The van der Waals surface area contributed by atoms with Gasteiger partial charge in [-0.3, -0.25) is 4.84 Å². The number of hydrogen-bond donors (Lipinski definition) is 2. The van der Waals surface area contributed by atoms with Gasteiger partial charge in [0.25, 0.3) is 0 Å². The van der Waals surface area contributed by atoms with Crippen LogP contribution in [0.4, 0.5) is 0 Å². The number of hydrogen-bond acceptors (Lipinski definition) is 3. The van der Waals surface area contributed by atoms with E-state index < -0.39 is 12.1 Å². The molecule has 0 spiro atoms. The Kier molecular flexibility index (Phi) is 2.84. The lowest BCUT2D eigenvalue weighted by molar-refractivity contribution is -0.154. The number of carboxylic acids is 1. The maximum atomic E-state index is 10.5. The normalized spacial score (nSPS) is 21.9. The molecule has 1 unspecified atom stereocenters. The zero-order valence-corrected chi connectivity index (χ0v) is 6.32. The summed E-state index contributed by atoms with van der Waals surface area (Å²) in [4.78, 5) is 14.9. The van der Waals surface area contributed by atoms with Crippen LogP contribution in [0.1, 0.15) is 25.7 Å². The standard InChI is InChI=1S/C7H13NO3/c8-11-6(7(9)10)5-3-1-2-4-5/h5-6H,1-4,8H2,(H,9,10). The molecule has 0 radical (unpaired) electrons. The van der Waals surface area contributed by atoms with Crippen LogP contribution in [0.5, 0.6) is 0 Å². The molecular formula is C7H13NO3. The first kappa shape index (κ1) is 8.49. The highest BCUT2D eigenvalue weighted by molar-refractivity contribution is 5.72. The summed E-state index contributed by atoms with van der Waals surface area (Å²) in [5, 5.41) is 8.63. The zero-order valence-electron chi connectivity index (χ0n) is 6.32. The first-order valence-corrected chi connectivity index (χ1v) is 3.84. The molecule has 0 heterocycles. The average Bonchev–Trinajstić information content (AvgIpc) is 2.40. The summed E-state index contributed by atoms with van der Waals surface area (Å²) in [5.74, 6) is 4.05. The number of carbonyl (C=O) groups is 1. The third-order valence-corrected chi connectivity index (χ3v) is 2.22. The molecule has 0 amide bonds. The highest BCUT2D eigenvalue weighted by Gasteiger charge is 2.30. The Hall–Kier alpha value is -0.610. The first-order valence-electron chi connectivity index (χ1n) is 3.84. The molecule has 0 bridgehead atoms. The van der Waals surface area contributed by atoms with Crippen molar-refractivity contribution in [1.29, 1.82) is 0 Å². The Morgan fingerprint density at radius 2 is 2.09 bits per heavy atom. The van der Waals surface area contributed by atoms with Crippen molar-refractivity contribution in [3.8, 4) is 0 Å². The topological polar surface area (TPSA) is 72.5 Å². The van der Waals surface area contributed by atoms with Gasteiger partial charge in [0.1, 0.15) is 0 Å². The smallest absolute Gasteiger partial charge is 0.335 e. The Labute approximate surface area is 65.3 Å². The SMILES string of the molecule is NOC(C(=O)O)C1CCCC1. The fourth-order valence-electron chi connectivity index (χ4n) is 1.63. The molecule has 4 nitrogen and oxygen atoms in total. The molecule has 0 aromatic carbocycles. The van der Waals surface area contributed by atoms with Crippen molar-refractivity contribution in [3.05, 3.63) is 0 Å². The molecule has 1 aliphatic carbocycles. The summed E-state index contributed by atoms with van der Waals surface area (Å²) in [6, 6.07) is 0. The molecule has 64 valence electrons. The lowest BCUT2D eigenvalue weighted by Gasteiger charge is -2.15. The van der Waals surface area contributed by atoms with Gasteiger partial charge in [-0.25, -0.2) is 10.7 Å². The second kappa shape index (κ2) is 3.69. The van der Waals surface area contributed by atoms with Crippen molar-refractivity contribution in [3.63, 3.8) is 0 Å². The van der Waals surface area contributed by atoms with E-state index in [-0.39, 0.29) is 5.92 Å². The molecule has 0 aliphatic heterocycles. The summed E-state index contributed by atoms with van der Waals surface area (Å²) < 4.78 is 0. The quantitative estimate of drug-likeness (QED) is 0.589. The summed E-state index contributed by atoms with van der Waals surface area (Å²) in [5.41, 5.74) is 0. The summed E-state index contributed by atoms with van der Waals surface area (Å²) >= 11 is 0. The highest BCUT2D eigenvalue weighted by Crippen LogP contribution is 2.28. The van der Waals surface area contributed by atoms with Gasteiger partial charge >= 0.3 is 5.97 Å². The van der Waals surface area contributed by atoms with Crippen LogP contribution in [0.25, 0.3) is 0 Å². The maximum Gasteiger partial charge on any atom is 0.335 e. The van der Waals surface area contributed by atoms with Crippen molar-refractivity contribution in [2.45, 2.75) is 31.8 Å². The number of nitrogens with two attached hydrogens (primary N) is 1. The second-order valence-electron chi connectivity index (χ2n) is 2.94. The average molecular weight is 159 g/mol. The summed E-state index contributed by atoms with van der Waals surface area (Å²) in [7, 11) is 0. The van der Waals surface area contributed by atoms with Gasteiger partial charge in [-0.15, -0.1) is 0 Å². The Morgan fingerprint density at radius 1 is 1.55 bits per heavy atom. The molecule has 0 aromatic heterocycles. The van der Waals surface area contributed by atoms with Gasteiger partial charge in [-0.1, -0.05) is 12.8 Å². The van der Waals surface area contributed by atoms with Crippen LogP contribution < -0.4 is 5.90 Å². The molecule has 11 heavy (non-hydrogen) atoms. The summed E-state index contributed by atoms with van der Waals surface area (Å²) in [6.45, 7) is 0. The zero-order chi connectivity index (χ0) is 8.27. The minimum Gasteiger partial charge on any atom is -0.479 e. The second-order valence-corrected chi connectivity index (χ2v) is 2.94. The molecule has 1 saturated carbocycles. The fraction of sp³-hybridized carbons (Fsp3) is 0.857. The van der Waals surface area contributed by atoms with Gasteiger partial charge in [-0.05, 0) is 18.8 Å². The molecule has 0 saturated heterocycles. The molecule has 3 N–H and O–H groups in total. The van der Waals surface area contributed by atoms with Gasteiger partial charge < -0.3 is 5.11 Å². The van der Waals surface area contributed by atoms with Crippen LogP contribution in [-0.4, -0.2) is 17.2 Å². The summed E-state index contributed by atoms with van der Waals surface area (Å²) in [6.07, 6.45) is 3.25. The van der Waals surface area contributed by atoms with E-state index in [2.05, 4.69) is 4.84 Å². The van der Waals surface area contributed by atoms with Crippen molar-refractivity contribution in [1.82, 2.24) is 0 Å². The number of aliphatic carboxylic acids is 1. The predicted molar refractivity (Wildman–Crippen MR) is 38.7 cm³/mol. The van der Waals surface area contributed by atoms with Crippen molar-refractivity contribution >= 4 is 5.97 Å². The van der Waals surface area contributed by atoms with Gasteiger partial charge in [0.05, 0.1) is 0 Å². The van der Waals surface area contributed by atoms with Crippen LogP contribution in [0.3, 0.4) is 0 Å². The van der Waals surface area contributed by atoms with E-state index in [0.717, 1.165) is 25.7 Å². The largest absolute Gasteiger partial charge is 0.479 e. The van der Waals surface area contributed by atoms with Crippen molar-refractivity contribution < 1.29 is 14.7 Å². The van der Waals surface area contributed by atoms with E-state index in [1.54, 1.807) is 0 Å². The van der Waals surface area contributed by atoms with E-state index in [1.165, 1.54) is 0 Å². The van der Waals surface area contributed by atoms with Crippen LogP contribution in [-0.2, 0) is 9.63 Å². The van der Waals surface area contributed by atoms with E-state index in [0.29, 0.717) is 0 Å². The van der Waals surface area contributed by atoms with Gasteiger partial charge in [0.15, 0.2) is 6.10 Å². The Bertz CT molecular complexity index is 143. The number of carboxylic acid groups (broad SMARTS) is 1. The lowest BCUT2D eigenvalue weighted by atomic mass is 10.0. The van der Waals surface area contributed by atoms with Crippen molar-refractivity contribution in [2.75, 3.05) is 0 Å². The molecule has 1 rings (SSSR count). The van der Waals surface area contributed by atoms with Crippen LogP contribution in [0, 0.1) is 5.92 Å². The van der Waals surface area contributed by atoms with Crippen LogP contribution >= 0.6 is 0 Å². The molecule has 1 fully saturated rings. The third kappa shape index (κ3) is 1.91. The first-order chi connectivity index (χ1) is 5.25. The van der Waals surface area contributed by atoms with Crippen LogP contribution in [0.2, 0.25) is 0 Å². The minimum atomic E-state index is -0.945. The highest BCUT2D eigenvalue weighted by atomic mass is 16.6. The van der Waals surface area contributed by atoms with Gasteiger partial charge in [0, 0.05) is 0 Å². The molecule has 1 atom stereocenters. The molecule has 4 heteroatoms. The van der Waals surface area contributed by atoms with E-state index in [9.17, 15) is 4.79 Å². The van der Waals surface area contributed by atoms with E-state index in [4.69, 9.17) is 11.0 Å². The van der Waals surface area contributed by atoms with E-state index >= 15 is 0 Å². The lowest BCUT2D eigenvalue weighted by Crippen LogP contribution is -2.33. The fourth-order valence-corrected chi connectivity index (χ4v) is 1.63. The maximum absolute atomic E-state index is 10.5. The van der Waals surface area contributed by atoms with Crippen LogP contribution in [0.15, 0.2) is 0 Å². The molecular weight excluding hydrogens is 146 g/mol. The monoisotopic (exact) mass is 159 g/mol. The minimum absolute atomic E-state index is 0.123. The van der Waals surface area contributed by atoms with E-state index in [1.807, 2.05) is 0 Å². The Morgan fingerprint density at radius 3 is 2.45 bits per heavy atom.